The van der Waals surface area contributed by atoms with Crippen LogP contribution in [0.3, 0.4) is 0 Å². The molecule has 1 aliphatic carbocycles. The van der Waals surface area contributed by atoms with Crippen molar-refractivity contribution in [1.29, 1.82) is 0 Å². The van der Waals surface area contributed by atoms with Crippen LogP contribution < -0.4 is 20.5 Å². The van der Waals surface area contributed by atoms with Gasteiger partial charge in [-0.2, -0.15) is 0 Å². The summed E-state index contributed by atoms with van der Waals surface area (Å²) < 4.78 is 15.6. The van der Waals surface area contributed by atoms with Crippen molar-refractivity contribution in [3.63, 3.8) is 0 Å². The summed E-state index contributed by atoms with van der Waals surface area (Å²) in [6.07, 6.45) is 2.85. The van der Waals surface area contributed by atoms with E-state index in [4.69, 9.17) is 43.1 Å². The molecule has 3 aromatic rings. The van der Waals surface area contributed by atoms with Gasteiger partial charge in [0.25, 0.3) is 0 Å². The number of ether oxygens (including phenoxy) is 3. The van der Waals surface area contributed by atoms with E-state index in [1.165, 1.54) is 21.3 Å². The third-order valence-electron chi connectivity index (χ3n) is 5.90. The van der Waals surface area contributed by atoms with E-state index < -0.39 is 0 Å². The first-order chi connectivity index (χ1) is 15.9. The summed E-state index contributed by atoms with van der Waals surface area (Å²) in [6.45, 7) is 0. The fourth-order valence-electron chi connectivity index (χ4n) is 4.16. The Bertz CT molecular complexity index is 1180. The minimum Gasteiger partial charge on any atom is -0.495 e. The van der Waals surface area contributed by atoms with Crippen molar-refractivity contribution < 1.29 is 19.0 Å². The Balaban J connectivity index is 1.63. The highest BCUT2D eigenvalue weighted by Gasteiger charge is 2.36. The maximum absolute atomic E-state index is 11.8. The number of nitrogens with one attached hydrogen (secondary N) is 1. The number of hydrogen-bond donors (Lipinski definition) is 2. The van der Waals surface area contributed by atoms with Crippen LogP contribution in [0.5, 0.6) is 11.5 Å². The number of carbonyl (C=O) groups is 1. The quantitative estimate of drug-likeness (QED) is 0.491. The Morgan fingerprint density at radius 1 is 1.09 bits per heavy atom. The zero-order valence-electron chi connectivity index (χ0n) is 18.4. The van der Waals surface area contributed by atoms with Crippen LogP contribution in [0.2, 0.25) is 10.0 Å². The normalized spacial score (nSPS) is 20.0. The number of carbonyl (C=O) groups excluding carboxylic acids is 1. The number of esters is 1. The molecule has 3 atom stereocenters. The first-order valence-corrected chi connectivity index (χ1v) is 11.1. The van der Waals surface area contributed by atoms with Gasteiger partial charge in [0.15, 0.2) is 0 Å². The fourth-order valence-corrected chi connectivity index (χ4v) is 4.88. The number of methoxy groups -OCH3 is 3. The monoisotopic (exact) mass is 490 g/mol. The number of rotatable bonds is 6. The molecular weight excluding hydrogens is 467 g/mol. The summed E-state index contributed by atoms with van der Waals surface area (Å²) in [4.78, 5) is 20.9. The maximum atomic E-state index is 11.8. The fraction of sp³-hybridized carbons (Fsp3) is 0.348. The number of nitrogens with zero attached hydrogens (tertiary/aromatic N) is 2. The SMILES string of the molecule is COC(=O)C1CC(Nc2ncc3cc(-c4c(Cl)c(OC)cc(OC)c4Cl)ccc3n2)[C@@H](N)C1. The molecule has 0 saturated heterocycles. The van der Waals surface area contributed by atoms with Crippen LogP contribution in [0.25, 0.3) is 22.0 Å². The Labute approximate surface area is 201 Å². The molecule has 0 bridgehead atoms. The molecule has 1 saturated carbocycles. The zero-order chi connectivity index (χ0) is 23.7. The zero-order valence-corrected chi connectivity index (χ0v) is 19.9. The van der Waals surface area contributed by atoms with Crippen molar-refractivity contribution >= 4 is 46.0 Å². The third-order valence-corrected chi connectivity index (χ3v) is 6.65. The van der Waals surface area contributed by atoms with Crippen LogP contribution in [-0.4, -0.2) is 49.4 Å². The molecule has 0 radical (unpaired) electrons. The second-order valence-electron chi connectivity index (χ2n) is 7.86. The van der Waals surface area contributed by atoms with Crippen LogP contribution in [0.4, 0.5) is 5.95 Å². The molecule has 2 aromatic carbocycles. The lowest BCUT2D eigenvalue weighted by molar-refractivity contribution is -0.145. The number of fused-ring (bicyclic) bond motifs is 1. The number of anilines is 1. The smallest absolute Gasteiger partial charge is 0.308 e. The summed E-state index contributed by atoms with van der Waals surface area (Å²) in [7, 11) is 4.45. The lowest BCUT2D eigenvalue weighted by atomic mass is 10.0. The van der Waals surface area contributed by atoms with E-state index in [2.05, 4.69) is 15.3 Å². The molecule has 8 nitrogen and oxygen atoms in total. The van der Waals surface area contributed by atoms with E-state index in [0.29, 0.717) is 45.9 Å². The number of hydrogen-bond acceptors (Lipinski definition) is 8. The summed E-state index contributed by atoms with van der Waals surface area (Å²) in [5.74, 6) is 0.900. The van der Waals surface area contributed by atoms with Gasteiger partial charge in [-0.15, -0.1) is 0 Å². The summed E-state index contributed by atoms with van der Waals surface area (Å²) in [5.41, 5.74) is 8.32. The molecule has 3 N–H and O–H groups in total. The standard InChI is InChI=1S/C23H24Cl2N4O4/c1-31-17-9-18(32-2)21(25)19(20(17)24)11-4-5-15-13(6-11)10-27-23(28-15)29-16-8-12(7-14(16)26)22(30)33-3/h4-6,9-10,12,14,16H,7-8,26H2,1-3H3,(H,27,28,29)/t12?,14-,16?/m0/s1. The molecular formula is C23H24Cl2N4O4. The first-order valence-electron chi connectivity index (χ1n) is 10.3. The van der Waals surface area contributed by atoms with Gasteiger partial charge in [-0.05, 0) is 30.5 Å². The van der Waals surface area contributed by atoms with Gasteiger partial charge in [0.05, 0.1) is 42.8 Å². The van der Waals surface area contributed by atoms with E-state index in [0.717, 1.165) is 16.5 Å². The highest BCUT2D eigenvalue weighted by atomic mass is 35.5. The predicted octanol–water partition coefficient (Wildman–Crippen LogP) is 4.31. The van der Waals surface area contributed by atoms with Gasteiger partial charge < -0.3 is 25.3 Å². The van der Waals surface area contributed by atoms with Gasteiger partial charge in [0.2, 0.25) is 5.95 Å². The molecule has 0 amide bonds. The van der Waals surface area contributed by atoms with Crippen LogP contribution in [0.15, 0.2) is 30.5 Å². The van der Waals surface area contributed by atoms with Crippen molar-refractivity contribution in [3.8, 4) is 22.6 Å². The minimum atomic E-state index is -0.242. The topological polar surface area (TPSA) is 109 Å². The lowest BCUT2D eigenvalue weighted by Crippen LogP contribution is -2.35. The molecule has 174 valence electrons. The largest absolute Gasteiger partial charge is 0.495 e. The third kappa shape index (κ3) is 4.51. The second kappa shape index (κ2) is 9.59. The first kappa shape index (κ1) is 23.4. The molecule has 10 heteroatoms. The molecule has 1 heterocycles. The van der Waals surface area contributed by atoms with Crippen molar-refractivity contribution in [2.24, 2.45) is 11.7 Å². The van der Waals surface area contributed by atoms with Gasteiger partial charge in [-0.25, -0.2) is 9.97 Å². The Kier molecular flexibility index (Phi) is 6.78. The van der Waals surface area contributed by atoms with E-state index in [9.17, 15) is 4.79 Å². The molecule has 0 spiro atoms. The predicted molar refractivity (Wildman–Crippen MR) is 128 cm³/mol. The van der Waals surface area contributed by atoms with Gasteiger partial charge in [0.1, 0.15) is 11.5 Å². The Morgan fingerprint density at radius 3 is 2.42 bits per heavy atom. The van der Waals surface area contributed by atoms with Gasteiger partial charge >= 0.3 is 5.97 Å². The highest BCUT2D eigenvalue weighted by molar-refractivity contribution is 6.41. The van der Waals surface area contributed by atoms with Crippen LogP contribution in [-0.2, 0) is 9.53 Å². The van der Waals surface area contributed by atoms with Crippen molar-refractivity contribution in [2.45, 2.75) is 24.9 Å². The van der Waals surface area contributed by atoms with Gasteiger partial charge in [-0.1, -0.05) is 29.3 Å². The average molecular weight is 491 g/mol. The number of halogens is 2. The molecule has 1 aromatic heterocycles. The second-order valence-corrected chi connectivity index (χ2v) is 8.61. The Hall–Kier alpha value is -2.81. The Morgan fingerprint density at radius 2 is 1.79 bits per heavy atom. The molecule has 4 rings (SSSR count). The molecule has 2 unspecified atom stereocenters. The molecule has 1 aliphatic rings. The van der Waals surface area contributed by atoms with E-state index in [1.54, 1.807) is 12.3 Å². The van der Waals surface area contributed by atoms with Crippen LogP contribution >= 0.6 is 23.2 Å². The average Bonchev–Trinajstić information content (AvgIpc) is 3.18. The molecule has 1 fully saturated rings. The number of nitrogens with two attached hydrogens (primary N) is 1. The highest BCUT2D eigenvalue weighted by Crippen LogP contribution is 2.46. The summed E-state index contributed by atoms with van der Waals surface area (Å²) in [6, 6.07) is 6.98. The van der Waals surface area contributed by atoms with Crippen molar-refractivity contribution in [2.75, 3.05) is 26.6 Å². The number of aromatic nitrogens is 2. The van der Waals surface area contributed by atoms with E-state index >= 15 is 0 Å². The summed E-state index contributed by atoms with van der Waals surface area (Å²) in [5, 5.41) is 4.83. The van der Waals surface area contributed by atoms with Crippen molar-refractivity contribution in [3.05, 3.63) is 40.5 Å². The molecule has 0 aliphatic heterocycles. The van der Waals surface area contributed by atoms with Gasteiger partial charge in [-0.3, -0.25) is 4.79 Å². The van der Waals surface area contributed by atoms with Crippen LogP contribution in [0.1, 0.15) is 12.8 Å². The number of benzene rings is 2. The minimum absolute atomic E-state index is 0.118. The van der Waals surface area contributed by atoms with E-state index in [1.807, 2.05) is 18.2 Å². The van der Waals surface area contributed by atoms with E-state index in [-0.39, 0.29) is 24.0 Å². The van der Waals surface area contributed by atoms with Gasteiger partial charge in [0, 0.05) is 35.3 Å². The lowest BCUT2D eigenvalue weighted by Gasteiger charge is -2.17. The molecule has 33 heavy (non-hydrogen) atoms. The van der Waals surface area contributed by atoms with Crippen LogP contribution in [0, 0.1) is 5.92 Å². The van der Waals surface area contributed by atoms with Crippen molar-refractivity contribution in [1.82, 2.24) is 9.97 Å². The maximum Gasteiger partial charge on any atom is 0.308 e. The summed E-state index contributed by atoms with van der Waals surface area (Å²) >= 11 is 13.1.